The van der Waals surface area contributed by atoms with E-state index in [0.717, 1.165) is 25.8 Å². The summed E-state index contributed by atoms with van der Waals surface area (Å²) < 4.78 is 5.30. The molecule has 118 valence electrons. The van der Waals surface area contributed by atoms with E-state index in [1.165, 1.54) is 0 Å². The SMILES string of the molecule is CC1CCNC1C(=O)N1CCCC1C(=O)N1CCOCC1. The highest BCUT2D eigenvalue weighted by Gasteiger charge is 2.41. The van der Waals surface area contributed by atoms with Gasteiger partial charge in [0.25, 0.3) is 0 Å². The van der Waals surface area contributed by atoms with Crippen molar-refractivity contribution in [1.29, 1.82) is 0 Å². The van der Waals surface area contributed by atoms with E-state index in [2.05, 4.69) is 12.2 Å². The molecule has 0 aromatic heterocycles. The molecular formula is C15H25N3O3. The van der Waals surface area contributed by atoms with Gasteiger partial charge in [0.1, 0.15) is 6.04 Å². The van der Waals surface area contributed by atoms with Crippen LogP contribution >= 0.6 is 0 Å². The van der Waals surface area contributed by atoms with Crippen molar-refractivity contribution in [2.75, 3.05) is 39.4 Å². The molecule has 0 radical (unpaired) electrons. The normalized spacial score (nSPS) is 33.5. The summed E-state index contributed by atoms with van der Waals surface area (Å²) in [6.45, 7) is 6.22. The molecule has 3 saturated heterocycles. The van der Waals surface area contributed by atoms with Crippen molar-refractivity contribution in [1.82, 2.24) is 15.1 Å². The lowest BCUT2D eigenvalue weighted by molar-refractivity contribution is -0.147. The lowest BCUT2D eigenvalue weighted by Crippen LogP contribution is -2.54. The summed E-state index contributed by atoms with van der Waals surface area (Å²) in [6.07, 6.45) is 2.75. The van der Waals surface area contributed by atoms with Gasteiger partial charge in [-0.1, -0.05) is 6.92 Å². The van der Waals surface area contributed by atoms with E-state index in [0.29, 0.717) is 38.8 Å². The maximum absolute atomic E-state index is 12.7. The zero-order chi connectivity index (χ0) is 14.8. The van der Waals surface area contributed by atoms with E-state index >= 15 is 0 Å². The lowest BCUT2D eigenvalue weighted by atomic mass is 10.0. The Morgan fingerprint density at radius 1 is 1.10 bits per heavy atom. The largest absolute Gasteiger partial charge is 0.378 e. The molecule has 2 amide bonds. The molecule has 3 fully saturated rings. The molecule has 0 aliphatic carbocycles. The molecule has 6 heteroatoms. The Morgan fingerprint density at radius 2 is 1.86 bits per heavy atom. The average Bonchev–Trinajstić information content (AvgIpc) is 3.15. The zero-order valence-corrected chi connectivity index (χ0v) is 12.7. The fourth-order valence-corrected chi connectivity index (χ4v) is 3.63. The molecule has 3 aliphatic heterocycles. The van der Waals surface area contributed by atoms with E-state index in [1.807, 2.05) is 9.80 Å². The van der Waals surface area contributed by atoms with Crippen LogP contribution in [0, 0.1) is 5.92 Å². The van der Waals surface area contributed by atoms with Gasteiger partial charge in [0.15, 0.2) is 0 Å². The summed E-state index contributed by atoms with van der Waals surface area (Å²) >= 11 is 0. The summed E-state index contributed by atoms with van der Waals surface area (Å²) in [6, 6.07) is -0.367. The molecular weight excluding hydrogens is 270 g/mol. The third-order valence-electron chi connectivity index (χ3n) is 4.94. The molecule has 3 atom stereocenters. The number of likely N-dealkylation sites (tertiary alicyclic amines) is 1. The first-order chi connectivity index (χ1) is 10.2. The van der Waals surface area contributed by atoms with Crippen LogP contribution in [-0.2, 0) is 14.3 Å². The smallest absolute Gasteiger partial charge is 0.245 e. The summed E-state index contributed by atoms with van der Waals surface area (Å²) in [5.41, 5.74) is 0. The maximum atomic E-state index is 12.7. The van der Waals surface area contributed by atoms with Gasteiger partial charge in [-0.3, -0.25) is 9.59 Å². The van der Waals surface area contributed by atoms with Crippen LogP contribution in [0.15, 0.2) is 0 Å². The van der Waals surface area contributed by atoms with Crippen LogP contribution in [0.4, 0.5) is 0 Å². The monoisotopic (exact) mass is 295 g/mol. The average molecular weight is 295 g/mol. The number of carbonyl (C=O) groups is 2. The Labute approximate surface area is 125 Å². The molecule has 0 saturated carbocycles. The predicted octanol–water partition coefficient (Wildman–Crippen LogP) is -0.166. The van der Waals surface area contributed by atoms with Gasteiger partial charge in [-0.15, -0.1) is 0 Å². The van der Waals surface area contributed by atoms with Crippen LogP contribution in [0.1, 0.15) is 26.2 Å². The van der Waals surface area contributed by atoms with E-state index in [9.17, 15) is 9.59 Å². The highest BCUT2D eigenvalue weighted by molar-refractivity contribution is 5.90. The topological polar surface area (TPSA) is 61.9 Å². The molecule has 21 heavy (non-hydrogen) atoms. The molecule has 0 bridgehead atoms. The van der Waals surface area contributed by atoms with Crippen LogP contribution in [0.2, 0.25) is 0 Å². The van der Waals surface area contributed by atoms with E-state index in [-0.39, 0.29) is 23.9 Å². The Kier molecular flexibility index (Phi) is 4.45. The summed E-state index contributed by atoms with van der Waals surface area (Å²) in [5, 5.41) is 3.29. The third-order valence-corrected chi connectivity index (χ3v) is 4.94. The van der Waals surface area contributed by atoms with Gasteiger partial charge < -0.3 is 19.9 Å². The van der Waals surface area contributed by atoms with Crippen LogP contribution in [0.3, 0.4) is 0 Å². The Balaban J connectivity index is 1.67. The van der Waals surface area contributed by atoms with Gasteiger partial charge in [-0.05, 0) is 31.7 Å². The number of nitrogens with zero attached hydrogens (tertiary/aromatic N) is 2. The second-order valence-electron chi connectivity index (χ2n) is 6.33. The van der Waals surface area contributed by atoms with Crippen molar-refractivity contribution < 1.29 is 14.3 Å². The van der Waals surface area contributed by atoms with Crippen molar-refractivity contribution in [3.8, 4) is 0 Å². The lowest BCUT2D eigenvalue weighted by Gasteiger charge is -2.34. The van der Waals surface area contributed by atoms with E-state index in [4.69, 9.17) is 4.74 Å². The number of ether oxygens (including phenoxy) is 1. The van der Waals surface area contributed by atoms with Crippen molar-refractivity contribution in [2.45, 2.75) is 38.3 Å². The number of rotatable bonds is 2. The van der Waals surface area contributed by atoms with Crippen molar-refractivity contribution in [3.63, 3.8) is 0 Å². The predicted molar refractivity (Wildman–Crippen MR) is 77.7 cm³/mol. The summed E-state index contributed by atoms with van der Waals surface area (Å²) in [5.74, 6) is 0.580. The maximum Gasteiger partial charge on any atom is 0.245 e. The number of hydrogen-bond acceptors (Lipinski definition) is 4. The number of amides is 2. The van der Waals surface area contributed by atoms with Gasteiger partial charge >= 0.3 is 0 Å². The highest BCUT2D eigenvalue weighted by atomic mass is 16.5. The second kappa shape index (κ2) is 6.32. The highest BCUT2D eigenvalue weighted by Crippen LogP contribution is 2.24. The first-order valence-corrected chi connectivity index (χ1v) is 8.09. The first kappa shape index (κ1) is 14.8. The molecule has 3 aliphatic rings. The molecule has 6 nitrogen and oxygen atoms in total. The van der Waals surface area contributed by atoms with Crippen LogP contribution in [0.5, 0.6) is 0 Å². The van der Waals surface area contributed by atoms with E-state index in [1.54, 1.807) is 0 Å². The number of nitrogens with one attached hydrogen (secondary N) is 1. The molecule has 3 unspecified atom stereocenters. The number of carbonyl (C=O) groups excluding carboxylic acids is 2. The summed E-state index contributed by atoms with van der Waals surface area (Å²) in [7, 11) is 0. The Hall–Kier alpha value is -1.14. The zero-order valence-electron chi connectivity index (χ0n) is 12.7. The Bertz CT molecular complexity index is 409. The fraction of sp³-hybridized carbons (Fsp3) is 0.867. The van der Waals surface area contributed by atoms with Gasteiger partial charge in [-0.2, -0.15) is 0 Å². The molecule has 0 aromatic carbocycles. The van der Waals surface area contributed by atoms with Crippen LogP contribution in [0.25, 0.3) is 0 Å². The third kappa shape index (κ3) is 2.92. The van der Waals surface area contributed by atoms with Crippen molar-refractivity contribution in [2.24, 2.45) is 5.92 Å². The van der Waals surface area contributed by atoms with Gasteiger partial charge in [-0.25, -0.2) is 0 Å². The molecule has 0 aromatic rings. The number of morpholine rings is 1. The minimum absolute atomic E-state index is 0.106. The molecule has 0 spiro atoms. The van der Waals surface area contributed by atoms with Gasteiger partial charge in [0.2, 0.25) is 11.8 Å². The molecule has 1 N–H and O–H groups in total. The minimum Gasteiger partial charge on any atom is -0.378 e. The quantitative estimate of drug-likeness (QED) is 0.768. The van der Waals surface area contributed by atoms with Gasteiger partial charge in [0.05, 0.1) is 19.3 Å². The van der Waals surface area contributed by atoms with Crippen LogP contribution < -0.4 is 5.32 Å². The standard InChI is InChI=1S/C15H25N3O3/c1-11-4-5-16-13(11)15(20)18-6-2-3-12(18)14(19)17-7-9-21-10-8-17/h11-13,16H,2-10H2,1H3. The van der Waals surface area contributed by atoms with Crippen molar-refractivity contribution in [3.05, 3.63) is 0 Å². The Morgan fingerprint density at radius 3 is 2.52 bits per heavy atom. The first-order valence-electron chi connectivity index (χ1n) is 8.09. The minimum atomic E-state index is -0.259. The number of hydrogen-bond donors (Lipinski definition) is 1. The molecule has 3 heterocycles. The second-order valence-corrected chi connectivity index (χ2v) is 6.33. The van der Waals surface area contributed by atoms with Gasteiger partial charge in [0, 0.05) is 19.6 Å². The van der Waals surface area contributed by atoms with E-state index < -0.39 is 0 Å². The summed E-state index contributed by atoms with van der Waals surface area (Å²) in [4.78, 5) is 29.1. The fourth-order valence-electron chi connectivity index (χ4n) is 3.63. The molecule has 3 rings (SSSR count). The van der Waals surface area contributed by atoms with Crippen LogP contribution in [-0.4, -0.2) is 73.1 Å². The van der Waals surface area contributed by atoms with Crippen molar-refractivity contribution >= 4 is 11.8 Å².